The van der Waals surface area contributed by atoms with Gasteiger partial charge in [0.2, 0.25) is 5.91 Å². The molecule has 0 bridgehead atoms. The van der Waals surface area contributed by atoms with Crippen molar-refractivity contribution in [2.45, 2.75) is 32.2 Å². The second-order valence-electron chi connectivity index (χ2n) is 8.30. The van der Waals surface area contributed by atoms with E-state index in [-0.39, 0.29) is 11.8 Å². The lowest BCUT2D eigenvalue weighted by Gasteiger charge is -2.24. The van der Waals surface area contributed by atoms with Crippen LogP contribution in [0.5, 0.6) is 0 Å². The Morgan fingerprint density at radius 2 is 1.97 bits per heavy atom. The molecular formula is C24H26Cl2N4O2. The molecule has 0 unspecified atom stereocenters. The van der Waals surface area contributed by atoms with E-state index in [2.05, 4.69) is 16.0 Å². The Kier molecular flexibility index (Phi) is 6.10. The van der Waals surface area contributed by atoms with Gasteiger partial charge >= 0.3 is 0 Å². The quantitative estimate of drug-likeness (QED) is 0.554. The minimum Gasteiger partial charge on any atom is -0.399 e. The highest BCUT2D eigenvalue weighted by molar-refractivity contribution is 6.38. The van der Waals surface area contributed by atoms with E-state index in [0.29, 0.717) is 46.2 Å². The van der Waals surface area contributed by atoms with Crippen LogP contribution >= 0.6 is 23.2 Å². The number of anilines is 1. The number of aryl methyl sites for hydroxylation is 2. The van der Waals surface area contributed by atoms with Crippen molar-refractivity contribution in [2.24, 2.45) is 7.05 Å². The third-order valence-electron chi connectivity index (χ3n) is 6.33. The lowest BCUT2D eigenvalue weighted by molar-refractivity contribution is -0.124. The number of halogens is 2. The maximum atomic E-state index is 13.3. The summed E-state index contributed by atoms with van der Waals surface area (Å²) in [5, 5.41) is 4.58. The Morgan fingerprint density at radius 1 is 1.22 bits per heavy atom. The first-order valence-electron chi connectivity index (χ1n) is 10.6. The van der Waals surface area contributed by atoms with Gasteiger partial charge in [0.15, 0.2) is 0 Å². The normalized spacial score (nSPS) is 16.0. The van der Waals surface area contributed by atoms with Gasteiger partial charge in [-0.15, -0.1) is 0 Å². The maximum absolute atomic E-state index is 13.3. The zero-order chi connectivity index (χ0) is 23.2. The van der Waals surface area contributed by atoms with Gasteiger partial charge in [0.05, 0.1) is 16.1 Å². The number of carbonyl (C=O) groups is 2. The molecule has 0 saturated carbocycles. The lowest BCUT2D eigenvalue weighted by atomic mass is 10.0. The van der Waals surface area contributed by atoms with Crippen molar-refractivity contribution in [1.29, 1.82) is 0 Å². The Balaban J connectivity index is 1.71. The molecule has 32 heavy (non-hydrogen) atoms. The highest BCUT2D eigenvalue weighted by atomic mass is 35.5. The Hall–Kier alpha value is -2.70. The van der Waals surface area contributed by atoms with Crippen molar-refractivity contribution < 1.29 is 9.59 Å². The van der Waals surface area contributed by atoms with Gasteiger partial charge in [0.1, 0.15) is 6.04 Å². The molecule has 2 aromatic carbocycles. The van der Waals surface area contributed by atoms with E-state index in [4.69, 9.17) is 28.9 Å². The van der Waals surface area contributed by atoms with Crippen molar-refractivity contribution >= 4 is 51.6 Å². The number of likely N-dealkylation sites (tertiary alicyclic amines) is 1. The molecule has 1 aliphatic heterocycles. The summed E-state index contributed by atoms with van der Waals surface area (Å²) in [4.78, 5) is 27.1. The molecule has 1 aliphatic rings. The fraction of sp³-hybridized carbons (Fsp3) is 0.333. The van der Waals surface area contributed by atoms with Gasteiger partial charge in [-0.3, -0.25) is 9.59 Å². The highest BCUT2D eigenvalue weighted by Gasteiger charge is 2.35. The summed E-state index contributed by atoms with van der Waals surface area (Å²) >= 11 is 13.3. The number of nitrogens with zero attached hydrogens (tertiary/aromatic N) is 2. The minimum atomic E-state index is -0.477. The predicted octanol–water partition coefficient (Wildman–Crippen LogP) is 4.32. The zero-order valence-electron chi connectivity index (χ0n) is 18.3. The van der Waals surface area contributed by atoms with Crippen LogP contribution in [0.25, 0.3) is 10.9 Å². The Bertz CT molecular complexity index is 1230. The first-order chi connectivity index (χ1) is 15.2. The van der Waals surface area contributed by atoms with Crippen molar-refractivity contribution in [1.82, 2.24) is 14.8 Å². The summed E-state index contributed by atoms with van der Waals surface area (Å²) in [5.41, 5.74) is 10.9. The van der Waals surface area contributed by atoms with Gasteiger partial charge in [0.25, 0.3) is 5.91 Å². The Labute approximate surface area is 197 Å². The Morgan fingerprint density at radius 3 is 2.69 bits per heavy atom. The number of fused-ring (bicyclic) bond motifs is 1. The highest BCUT2D eigenvalue weighted by Crippen LogP contribution is 2.34. The number of nitrogens with two attached hydrogens (primary N) is 1. The van der Waals surface area contributed by atoms with Crippen LogP contribution in [0.2, 0.25) is 10.0 Å². The van der Waals surface area contributed by atoms with Crippen LogP contribution in [0.4, 0.5) is 5.69 Å². The molecule has 0 radical (unpaired) electrons. The number of aromatic nitrogens is 1. The van der Waals surface area contributed by atoms with Crippen LogP contribution in [-0.4, -0.2) is 40.9 Å². The number of benzene rings is 2. The minimum absolute atomic E-state index is 0.161. The average Bonchev–Trinajstić information content (AvgIpc) is 3.36. The number of likely N-dealkylation sites (N-methyl/N-ethyl adjacent to an activating group) is 1. The van der Waals surface area contributed by atoms with Crippen LogP contribution in [-0.2, 0) is 18.3 Å². The molecular weight excluding hydrogens is 447 g/mol. The third kappa shape index (κ3) is 3.82. The summed E-state index contributed by atoms with van der Waals surface area (Å²) in [7, 11) is 3.56. The third-order valence-corrected chi connectivity index (χ3v) is 7.11. The fourth-order valence-corrected chi connectivity index (χ4v) is 5.15. The summed E-state index contributed by atoms with van der Waals surface area (Å²) < 4.78 is 2.07. The summed E-state index contributed by atoms with van der Waals surface area (Å²) in [6, 6.07) is 8.86. The molecule has 1 saturated heterocycles. The number of amides is 2. The van der Waals surface area contributed by atoms with Gasteiger partial charge < -0.3 is 20.5 Å². The topological polar surface area (TPSA) is 80.4 Å². The monoisotopic (exact) mass is 472 g/mol. The van der Waals surface area contributed by atoms with E-state index < -0.39 is 6.04 Å². The SMILES string of the molecule is CNC(=O)[C@@H]1CCCN1C(=O)c1ccc(Cl)c(Cc2cc3c(C)cc(N)cc3n2C)c1Cl. The maximum Gasteiger partial charge on any atom is 0.256 e. The molecule has 6 nitrogen and oxygen atoms in total. The fourth-order valence-electron chi connectivity index (χ4n) is 4.57. The van der Waals surface area contributed by atoms with E-state index in [9.17, 15) is 9.59 Å². The number of carbonyl (C=O) groups excluding carboxylic acids is 2. The van der Waals surface area contributed by atoms with Crippen molar-refractivity contribution in [3.63, 3.8) is 0 Å². The van der Waals surface area contributed by atoms with E-state index in [0.717, 1.165) is 28.6 Å². The smallest absolute Gasteiger partial charge is 0.256 e. The predicted molar refractivity (Wildman–Crippen MR) is 129 cm³/mol. The van der Waals surface area contributed by atoms with Crippen molar-refractivity contribution in [3.05, 3.63) is 62.8 Å². The first-order valence-corrected chi connectivity index (χ1v) is 11.3. The average molecular weight is 473 g/mol. The van der Waals surface area contributed by atoms with Gasteiger partial charge in [-0.1, -0.05) is 23.2 Å². The number of rotatable bonds is 4. The van der Waals surface area contributed by atoms with Gasteiger partial charge in [-0.25, -0.2) is 0 Å². The van der Waals surface area contributed by atoms with Gasteiger partial charge in [-0.05, 0) is 61.2 Å². The molecule has 1 aromatic heterocycles. The van der Waals surface area contributed by atoms with Crippen molar-refractivity contribution in [3.8, 4) is 0 Å². The van der Waals surface area contributed by atoms with Crippen LogP contribution in [0.1, 0.15) is 40.0 Å². The van der Waals surface area contributed by atoms with E-state index in [1.807, 2.05) is 26.1 Å². The summed E-state index contributed by atoms with van der Waals surface area (Å²) in [6.45, 7) is 2.55. The van der Waals surface area contributed by atoms with Gasteiger partial charge in [0, 0.05) is 48.9 Å². The molecule has 1 fully saturated rings. The van der Waals surface area contributed by atoms with E-state index in [1.54, 1.807) is 24.1 Å². The largest absolute Gasteiger partial charge is 0.399 e. The number of nitrogens with one attached hydrogen (secondary N) is 1. The number of nitrogen functional groups attached to an aromatic ring is 1. The second-order valence-corrected chi connectivity index (χ2v) is 9.09. The molecule has 2 heterocycles. The molecule has 4 rings (SSSR count). The van der Waals surface area contributed by atoms with Crippen LogP contribution in [0.3, 0.4) is 0 Å². The molecule has 2 amide bonds. The zero-order valence-corrected chi connectivity index (χ0v) is 19.8. The summed E-state index contributed by atoms with van der Waals surface area (Å²) in [5.74, 6) is -0.411. The molecule has 0 spiro atoms. The second kappa shape index (κ2) is 8.68. The molecule has 168 valence electrons. The van der Waals surface area contributed by atoms with Crippen LogP contribution in [0.15, 0.2) is 30.3 Å². The molecule has 0 aliphatic carbocycles. The van der Waals surface area contributed by atoms with Crippen LogP contribution < -0.4 is 11.1 Å². The molecule has 3 N–H and O–H groups in total. The number of hydrogen-bond acceptors (Lipinski definition) is 3. The standard InChI is InChI=1S/C24H26Cl2N4O2/c1-13-9-14(27)10-21-17(13)11-15(29(21)3)12-18-19(25)7-6-16(22(18)26)24(32)30-8-4-5-20(30)23(31)28-2/h6-7,9-11,20H,4-5,8,12,27H2,1-3H3,(H,28,31)/t20-/m0/s1. The molecule has 1 atom stereocenters. The van der Waals surface area contributed by atoms with E-state index >= 15 is 0 Å². The first kappa shape index (κ1) is 22.5. The lowest BCUT2D eigenvalue weighted by Crippen LogP contribution is -2.45. The molecule has 8 heteroatoms. The molecule has 3 aromatic rings. The van der Waals surface area contributed by atoms with Crippen molar-refractivity contribution in [2.75, 3.05) is 19.3 Å². The number of hydrogen-bond donors (Lipinski definition) is 2. The van der Waals surface area contributed by atoms with Crippen LogP contribution in [0, 0.1) is 6.92 Å². The van der Waals surface area contributed by atoms with Gasteiger partial charge in [-0.2, -0.15) is 0 Å². The summed E-state index contributed by atoms with van der Waals surface area (Å²) in [6.07, 6.45) is 1.88. The van der Waals surface area contributed by atoms with E-state index in [1.165, 1.54) is 0 Å².